The molecular formula is C21H19F2N5. The Bertz CT molecular complexity index is 1220. The summed E-state index contributed by atoms with van der Waals surface area (Å²) in [5.41, 5.74) is 6.38. The van der Waals surface area contributed by atoms with Gasteiger partial charge in [0, 0.05) is 17.0 Å². The number of guanidine groups is 1. The number of benzene rings is 2. The van der Waals surface area contributed by atoms with Crippen LogP contribution in [0.5, 0.6) is 0 Å². The quantitative estimate of drug-likeness (QED) is 0.336. The van der Waals surface area contributed by atoms with Gasteiger partial charge in [0.15, 0.2) is 0 Å². The highest BCUT2D eigenvalue weighted by Crippen LogP contribution is 2.30. The molecule has 0 aliphatic rings. The van der Waals surface area contributed by atoms with Gasteiger partial charge in [0.25, 0.3) is 0 Å². The minimum absolute atomic E-state index is 0.151. The zero-order chi connectivity index (χ0) is 20.3. The molecule has 2 aromatic heterocycles. The summed E-state index contributed by atoms with van der Waals surface area (Å²) in [5.74, 6) is -1.79. The number of fused-ring (bicyclic) bond motifs is 2. The zero-order valence-corrected chi connectivity index (χ0v) is 15.4. The van der Waals surface area contributed by atoms with Gasteiger partial charge < -0.3 is 10.7 Å². The molecule has 0 fully saturated rings. The Kier molecular flexibility index (Phi) is 5.44. The molecule has 4 N–H and O–H groups in total. The maximum absolute atomic E-state index is 14.4. The van der Waals surface area contributed by atoms with Crippen LogP contribution in [0.4, 0.5) is 8.78 Å². The molecule has 4 aromatic rings. The molecule has 2 aromatic carbocycles. The van der Waals surface area contributed by atoms with Crippen molar-refractivity contribution in [3.8, 4) is 11.3 Å². The lowest BCUT2D eigenvalue weighted by Crippen LogP contribution is -2.13. The van der Waals surface area contributed by atoms with E-state index in [2.05, 4.69) is 15.0 Å². The Labute approximate surface area is 160 Å². The number of halogens is 2. The zero-order valence-electron chi connectivity index (χ0n) is 15.4. The SMILES string of the molecule is CC.N=C(N)/N=c1/c2ccccc2nc(-c2c(F)cccc2F)c2cc[nH]c12. The number of nitrogens with zero attached hydrogens (tertiary/aromatic N) is 2. The summed E-state index contributed by atoms with van der Waals surface area (Å²) in [5, 5.41) is 9.02. The van der Waals surface area contributed by atoms with E-state index in [-0.39, 0.29) is 17.2 Å². The van der Waals surface area contributed by atoms with Crippen LogP contribution >= 0.6 is 0 Å². The first kappa shape index (κ1) is 19.2. The fourth-order valence-electron chi connectivity index (χ4n) is 3.00. The summed E-state index contributed by atoms with van der Waals surface area (Å²) >= 11 is 0. The van der Waals surface area contributed by atoms with Gasteiger partial charge in [-0.05, 0) is 24.3 Å². The van der Waals surface area contributed by atoms with Crippen molar-refractivity contribution in [1.82, 2.24) is 9.97 Å². The molecule has 0 amide bonds. The van der Waals surface area contributed by atoms with E-state index < -0.39 is 11.6 Å². The van der Waals surface area contributed by atoms with Gasteiger partial charge in [-0.25, -0.2) is 18.8 Å². The molecule has 5 nitrogen and oxygen atoms in total. The van der Waals surface area contributed by atoms with Gasteiger partial charge in [-0.2, -0.15) is 0 Å². The summed E-state index contributed by atoms with van der Waals surface area (Å²) in [6.07, 6.45) is 1.63. The minimum atomic E-state index is -0.708. The first-order valence-corrected chi connectivity index (χ1v) is 8.79. The molecule has 0 unspecified atom stereocenters. The fraction of sp³-hybridized carbons (Fsp3) is 0.0952. The molecule has 0 aliphatic carbocycles. The van der Waals surface area contributed by atoms with Crippen molar-refractivity contribution in [1.29, 1.82) is 5.41 Å². The predicted molar refractivity (Wildman–Crippen MR) is 108 cm³/mol. The number of nitrogens with two attached hydrogens (primary N) is 1. The Hall–Kier alpha value is -3.61. The van der Waals surface area contributed by atoms with Gasteiger partial charge in [-0.15, -0.1) is 0 Å². The van der Waals surface area contributed by atoms with Crippen LogP contribution in [0.25, 0.3) is 33.1 Å². The van der Waals surface area contributed by atoms with Gasteiger partial charge >= 0.3 is 0 Å². The van der Waals surface area contributed by atoms with Crippen LogP contribution in [0.1, 0.15) is 13.8 Å². The summed E-state index contributed by atoms with van der Waals surface area (Å²) in [6.45, 7) is 4.00. The number of rotatable bonds is 1. The number of hydrogen-bond acceptors (Lipinski definition) is 2. The molecule has 0 saturated carbocycles. The summed E-state index contributed by atoms with van der Waals surface area (Å²) < 4.78 is 28.9. The number of H-pyrrole nitrogens is 1. The third kappa shape index (κ3) is 3.34. The highest BCUT2D eigenvalue weighted by atomic mass is 19.1. The highest BCUT2D eigenvalue weighted by molar-refractivity contribution is 5.98. The van der Waals surface area contributed by atoms with Crippen molar-refractivity contribution in [2.24, 2.45) is 10.7 Å². The van der Waals surface area contributed by atoms with Crippen molar-refractivity contribution in [3.63, 3.8) is 0 Å². The molecule has 0 saturated heterocycles. The Morgan fingerprint density at radius 1 is 1.00 bits per heavy atom. The van der Waals surface area contributed by atoms with Gasteiger partial charge in [0.05, 0.1) is 22.3 Å². The lowest BCUT2D eigenvalue weighted by molar-refractivity contribution is 0.589. The Morgan fingerprint density at radius 2 is 1.68 bits per heavy atom. The van der Waals surface area contributed by atoms with Crippen molar-refractivity contribution < 1.29 is 8.78 Å². The number of aromatic nitrogens is 2. The van der Waals surface area contributed by atoms with E-state index in [0.29, 0.717) is 27.2 Å². The van der Waals surface area contributed by atoms with Crippen LogP contribution in [-0.4, -0.2) is 15.9 Å². The van der Waals surface area contributed by atoms with Crippen LogP contribution < -0.4 is 11.1 Å². The van der Waals surface area contributed by atoms with E-state index in [1.165, 1.54) is 18.2 Å². The summed E-state index contributed by atoms with van der Waals surface area (Å²) in [6, 6.07) is 12.4. The normalized spacial score (nSPS) is 11.4. The molecule has 0 radical (unpaired) electrons. The van der Waals surface area contributed by atoms with Crippen LogP contribution in [0.2, 0.25) is 0 Å². The van der Waals surface area contributed by atoms with E-state index in [9.17, 15) is 8.78 Å². The lowest BCUT2D eigenvalue weighted by atomic mass is 10.1. The van der Waals surface area contributed by atoms with E-state index >= 15 is 0 Å². The van der Waals surface area contributed by atoms with Crippen molar-refractivity contribution >= 4 is 27.8 Å². The van der Waals surface area contributed by atoms with E-state index in [1.54, 1.807) is 36.5 Å². The molecule has 0 spiro atoms. The van der Waals surface area contributed by atoms with Crippen LogP contribution in [0, 0.1) is 17.0 Å². The van der Waals surface area contributed by atoms with E-state index in [0.717, 1.165) is 0 Å². The summed E-state index contributed by atoms with van der Waals surface area (Å²) in [4.78, 5) is 11.7. The van der Waals surface area contributed by atoms with Crippen LogP contribution in [0.15, 0.2) is 59.7 Å². The molecule has 0 aliphatic heterocycles. The Morgan fingerprint density at radius 3 is 2.36 bits per heavy atom. The second-order valence-corrected chi connectivity index (χ2v) is 5.69. The first-order chi connectivity index (χ1) is 13.6. The molecule has 28 heavy (non-hydrogen) atoms. The van der Waals surface area contributed by atoms with Crippen molar-refractivity contribution in [2.75, 3.05) is 0 Å². The minimum Gasteiger partial charge on any atom is -0.368 e. The molecule has 0 atom stereocenters. The average Bonchev–Trinajstić information content (AvgIpc) is 3.12. The number of nitrogens with one attached hydrogen (secondary N) is 2. The van der Waals surface area contributed by atoms with Crippen molar-refractivity contribution in [2.45, 2.75) is 13.8 Å². The number of hydrogen-bond donors (Lipinski definition) is 3. The third-order valence-electron chi connectivity index (χ3n) is 4.06. The second-order valence-electron chi connectivity index (χ2n) is 5.69. The van der Waals surface area contributed by atoms with E-state index in [4.69, 9.17) is 11.1 Å². The average molecular weight is 379 g/mol. The topological polar surface area (TPSA) is 90.9 Å². The first-order valence-electron chi connectivity index (χ1n) is 8.79. The number of para-hydroxylation sites is 1. The molecular weight excluding hydrogens is 360 g/mol. The maximum atomic E-state index is 14.4. The maximum Gasteiger partial charge on any atom is 0.213 e. The summed E-state index contributed by atoms with van der Waals surface area (Å²) in [7, 11) is 0. The molecule has 4 rings (SSSR count). The van der Waals surface area contributed by atoms with Gasteiger partial charge in [0.1, 0.15) is 17.0 Å². The van der Waals surface area contributed by atoms with Crippen LogP contribution in [-0.2, 0) is 0 Å². The molecule has 0 bridgehead atoms. The smallest absolute Gasteiger partial charge is 0.213 e. The molecule has 142 valence electrons. The highest BCUT2D eigenvalue weighted by Gasteiger charge is 2.17. The molecule has 7 heteroatoms. The monoisotopic (exact) mass is 379 g/mol. The lowest BCUT2D eigenvalue weighted by Gasteiger charge is -2.03. The second kappa shape index (κ2) is 7.96. The fourth-order valence-corrected chi connectivity index (χ4v) is 3.00. The standard InChI is InChI=1S/C19H13F2N5.C2H6/c20-12-5-3-6-13(21)15(12)16-11-8-9-24-17(11)18(26-19(22)23)10-4-1-2-7-14(10)25-16;1-2/h1-9,24H,(H3,22,23);1-2H3/b26-18-;. The molecule has 2 heterocycles. The third-order valence-corrected chi connectivity index (χ3v) is 4.06. The van der Waals surface area contributed by atoms with Crippen molar-refractivity contribution in [3.05, 3.63) is 71.7 Å². The van der Waals surface area contributed by atoms with Crippen LogP contribution in [0.3, 0.4) is 0 Å². The van der Waals surface area contributed by atoms with Gasteiger partial charge in [-0.3, -0.25) is 5.41 Å². The predicted octanol–water partition coefficient (Wildman–Crippen LogP) is 4.48. The van der Waals surface area contributed by atoms with E-state index in [1.807, 2.05) is 13.8 Å². The van der Waals surface area contributed by atoms with Gasteiger partial charge in [-0.1, -0.05) is 38.1 Å². The largest absolute Gasteiger partial charge is 0.368 e. The number of aromatic amines is 1. The Balaban J connectivity index is 0.00000109. The van der Waals surface area contributed by atoms with Gasteiger partial charge in [0.2, 0.25) is 5.96 Å².